The quantitative estimate of drug-likeness (QED) is 0.265. The Hall–Kier alpha value is -0.410. The summed E-state index contributed by atoms with van der Waals surface area (Å²) in [7, 11) is 3.77. The molecule has 0 amide bonds. The van der Waals surface area contributed by atoms with Crippen molar-refractivity contribution in [2.45, 2.75) is 52.7 Å². The maximum atomic E-state index is 5.31. The van der Waals surface area contributed by atoms with Crippen molar-refractivity contribution in [3.05, 3.63) is 16.1 Å². The van der Waals surface area contributed by atoms with Gasteiger partial charge in [-0.25, -0.2) is 4.98 Å². The van der Waals surface area contributed by atoms with Crippen molar-refractivity contribution in [2.24, 2.45) is 4.99 Å². The fourth-order valence-electron chi connectivity index (χ4n) is 2.02. The van der Waals surface area contributed by atoms with Crippen molar-refractivity contribution in [3.63, 3.8) is 0 Å². The lowest BCUT2D eigenvalue weighted by molar-refractivity contribution is 0.119. The van der Waals surface area contributed by atoms with E-state index in [1.54, 1.807) is 18.4 Å². The summed E-state index contributed by atoms with van der Waals surface area (Å²) in [4.78, 5) is 11.5. The molecule has 0 radical (unpaired) electrons. The maximum absolute atomic E-state index is 5.31. The Morgan fingerprint density at radius 3 is 2.78 bits per heavy atom. The molecule has 1 heterocycles. The molecule has 1 unspecified atom stereocenters. The van der Waals surface area contributed by atoms with Gasteiger partial charge in [0.1, 0.15) is 11.1 Å². The standard InChI is InChI=1S/C16H30N4OS.HI/c1-6-8-9-10-18-16(17-7-2)20(4)11-14-12-22-15(19-14)13(3)21-5;/h12-13H,6-11H2,1-5H3,(H,17,18);1H. The molecule has 0 bridgehead atoms. The van der Waals surface area contributed by atoms with E-state index in [1.807, 2.05) is 6.92 Å². The molecule has 0 saturated heterocycles. The van der Waals surface area contributed by atoms with Gasteiger partial charge < -0.3 is 15.0 Å². The highest BCUT2D eigenvalue weighted by atomic mass is 127. The summed E-state index contributed by atoms with van der Waals surface area (Å²) in [5.41, 5.74) is 1.06. The first kappa shape index (κ1) is 22.6. The summed E-state index contributed by atoms with van der Waals surface area (Å²) >= 11 is 1.65. The topological polar surface area (TPSA) is 49.8 Å². The second kappa shape index (κ2) is 12.9. The summed E-state index contributed by atoms with van der Waals surface area (Å²) in [6.07, 6.45) is 3.66. The fraction of sp³-hybridized carbons (Fsp3) is 0.750. The molecule has 1 aromatic rings. The number of hydrogen-bond acceptors (Lipinski definition) is 4. The molecule has 0 saturated carbocycles. The Balaban J connectivity index is 0.00000484. The zero-order valence-corrected chi connectivity index (χ0v) is 18.1. The van der Waals surface area contributed by atoms with Crippen molar-refractivity contribution in [2.75, 3.05) is 27.2 Å². The van der Waals surface area contributed by atoms with Crippen molar-refractivity contribution in [3.8, 4) is 0 Å². The molecular formula is C16H31IN4OS. The summed E-state index contributed by atoms with van der Waals surface area (Å²) in [6.45, 7) is 8.83. The summed E-state index contributed by atoms with van der Waals surface area (Å²) in [6, 6.07) is 0. The van der Waals surface area contributed by atoms with Gasteiger partial charge in [0, 0.05) is 32.6 Å². The molecule has 0 aliphatic carbocycles. The van der Waals surface area contributed by atoms with Gasteiger partial charge in [0.2, 0.25) is 0 Å². The number of nitrogens with zero attached hydrogens (tertiary/aromatic N) is 3. The minimum Gasteiger partial charge on any atom is -0.375 e. The van der Waals surface area contributed by atoms with Gasteiger partial charge in [-0.1, -0.05) is 19.8 Å². The smallest absolute Gasteiger partial charge is 0.194 e. The van der Waals surface area contributed by atoms with Crippen LogP contribution >= 0.6 is 35.3 Å². The molecule has 134 valence electrons. The van der Waals surface area contributed by atoms with Crippen molar-refractivity contribution in [1.82, 2.24) is 15.2 Å². The highest BCUT2D eigenvalue weighted by molar-refractivity contribution is 14.0. The number of nitrogens with one attached hydrogen (secondary N) is 1. The van der Waals surface area contributed by atoms with Crippen molar-refractivity contribution < 1.29 is 4.74 Å². The van der Waals surface area contributed by atoms with Gasteiger partial charge in [-0.3, -0.25) is 4.99 Å². The second-order valence-corrected chi connectivity index (χ2v) is 6.24. The first-order chi connectivity index (χ1) is 10.6. The minimum absolute atomic E-state index is 0. The van der Waals surface area contributed by atoms with E-state index in [9.17, 15) is 0 Å². The van der Waals surface area contributed by atoms with Crippen LogP contribution < -0.4 is 5.32 Å². The fourth-order valence-corrected chi connectivity index (χ4v) is 2.86. The molecule has 0 aromatic carbocycles. The van der Waals surface area contributed by atoms with Gasteiger partial charge in [-0.15, -0.1) is 35.3 Å². The van der Waals surface area contributed by atoms with Crippen molar-refractivity contribution >= 4 is 41.3 Å². The Labute approximate surface area is 161 Å². The van der Waals surface area contributed by atoms with Gasteiger partial charge in [-0.2, -0.15) is 0 Å². The van der Waals surface area contributed by atoms with Crippen LogP contribution in [-0.4, -0.2) is 43.1 Å². The predicted octanol–water partition coefficient (Wildman–Crippen LogP) is 4.06. The molecule has 0 aliphatic rings. The van der Waals surface area contributed by atoms with Crippen LogP contribution in [0.15, 0.2) is 10.4 Å². The van der Waals surface area contributed by atoms with Crippen LogP contribution in [0.4, 0.5) is 0 Å². The third-order valence-electron chi connectivity index (χ3n) is 3.39. The number of aromatic nitrogens is 1. The van der Waals surface area contributed by atoms with Crippen LogP contribution in [-0.2, 0) is 11.3 Å². The van der Waals surface area contributed by atoms with E-state index < -0.39 is 0 Å². The van der Waals surface area contributed by atoms with Crippen LogP contribution in [0.25, 0.3) is 0 Å². The molecule has 5 nitrogen and oxygen atoms in total. The van der Waals surface area contributed by atoms with Gasteiger partial charge in [-0.05, 0) is 20.3 Å². The molecule has 1 N–H and O–H groups in total. The Morgan fingerprint density at radius 1 is 1.43 bits per heavy atom. The third-order valence-corrected chi connectivity index (χ3v) is 4.44. The molecule has 23 heavy (non-hydrogen) atoms. The van der Waals surface area contributed by atoms with Gasteiger partial charge in [0.05, 0.1) is 12.2 Å². The minimum atomic E-state index is 0. The second-order valence-electron chi connectivity index (χ2n) is 5.35. The molecular weight excluding hydrogens is 423 g/mol. The predicted molar refractivity (Wildman–Crippen MR) is 110 cm³/mol. The van der Waals surface area contributed by atoms with Crippen LogP contribution in [0.3, 0.4) is 0 Å². The first-order valence-electron chi connectivity index (χ1n) is 8.08. The van der Waals surface area contributed by atoms with E-state index in [1.165, 1.54) is 12.8 Å². The van der Waals surface area contributed by atoms with E-state index >= 15 is 0 Å². The zero-order valence-electron chi connectivity index (χ0n) is 15.0. The van der Waals surface area contributed by atoms with Crippen molar-refractivity contribution in [1.29, 1.82) is 0 Å². The molecule has 7 heteroatoms. The summed E-state index contributed by atoms with van der Waals surface area (Å²) in [5.74, 6) is 0.952. The Kier molecular flexibility index (Phi) is 12.7. The molecule has 0 fully saturated rings. The van der Waals surface area contributed by atoms with Gasteiger partial charge in [0.15, 0.2) is 5.96 Å². The highest BCUT2D eigenvalue weighted by Crippen LogP contribution is 2.20. The Bertz CT molecular complexity index is 453. The SMILES string of the molecule is CCCCCN=C(NCC)N(C)Cc1csc(C(C)OC)n1.I. The highest BCUT2D eigenvalue weighted by Gasteiger charge is 2.12. The van der Waals surface area contributed by atoms with Crippen LogP contribution in [0.1, 0.15) is 56.8 Å². The number of hydrogen-bond donors (Lipinski definition) is 1. The number of ether oxygens (including phenoxy) is 1. The van der Waals surface area contributed by atoms with Crippen LogP contribution in [0, 0.1) is 0 Å². The third kappa shape index (κ3) is 8.30. The Morgan fingerprint density at radius 2 is 2.17 bits per heavy atom. The number of unbranched alkanes of at least 4 members (excludes halogenated alkanes) is 2. The van der Waals surface area contributed by atoms with Crippen LogP contribution in [0.2, 0.25) is 0 Å². The maximum Gasteiger partial charge on any atom is 0.194 e. The normalized spacial score (nSPS) is 12.7. The van der Waals surface area contributed by atoms with E-state index in [2.05, 4.69) is 46.5 Å². The number of guanidine groups is 1. The lowest BCUT2D eigenvalue weighted by atomic mass is 10.2. The number of aliphatic imine (C=N–C) groups is 1. The van der Waals surface area contributed by atoms with Gasteiger partial charge >= 0.3 is 0 Å². The van der Waals surface area contributed by atoms with E-state index in [0.29, 0.717) is 0 Å². The average molecular weight is 454 g/mol. The summed E-state index contributed by atoms with van der Waals surface area (Å²) in [5, 5.41) is 6.47. The molecule has 1 atom stereocenters. The van der Waals surface area contributed by atoms with E-state index in [-0.39, 0.29) is 30.1 Å². The lowest BCUT2D eigenvalue weighted by Gasteiger charge is -2.21. The first-order valence-corrected chi connectivity index (χ1v) is 8.96. The zero-order chi connectivity index (χ0) is 16.4. The molecule has 0 spiro atoms. The van der Waals surface area contributed by atoms with E-state index in [0.717, 1.165) is 42.7 Å². The molecule has 1 aromatic heterocycles. The number of thiazole rings is 1. The molecule has 1 rings (SSSR count). The molecule has 0 aliphatic heterocycles. The summed E-state index contributed by atoms with van der Waals surface area (Å²) < 4.78 is 5.31. The van der Waals surface area contributed by atoms with Gasteiger partial charge in [0.25, 0.3) is 0 Å². The van der Waals surface area contributed by atoms with E-state index in [4.69, 9.17) is 4.74 Å². The average Bonchev–Trinajstić information content (AvgIpc) is 2.98. The monoisotopic (exact) mass is 454 g/mol. The number of methoxy groups -OCH3 is 1. The largest absolute Gasteiger partial charge is 0.375 e. The number of rotatable bonds is 9. The van der Waals surface area contributed by atoms with Crippen LogP contribution in [0.5, 0.6) is 0 Å². The number of halogens is 1. The lowest BCUT2D eigenvalue weighted by Crippen LogP contribution is -2.38.